The molecule has 4 nitrogen and oxygen atoms in total. The van der Waals surface area contributed by atoms with Crippen LogP contribution < -0.4 is 10.6 Å². The molecular weight excluding hydrogens is 389 g/mol. The minimum absolute atomic E-state index is 0.139. The molecule has 0 atom stereocenters. The molecule has 1 heterocycles. The van der Waals surface area contributed by atoms with Crippen LogP contribution in [0.2, 0.25) is 10.0 Å². The molecule has 0 radical (unpaired) electrons. The van der Waals surface area contributed by atoms with E-state index in [1.165, 1.54) is 11.3 Å². The molecule has 2 aromatic carbocycles. The number of hydrogen-bond acceptors (Lipinski definition) is 4. The van der Waals surface area contributed by atoms with E-state index >= 15 is 0 Å². The second-order valence-corrected chi connectivity index (χ2v) is 7.79. The minimum Gasteiger partial charge on any atom is -0.376 e. The maximum Gasteiger partial charge on any atom is 0.245 e. The Balaban J connectivity index is 1.56. The number of carbonyl (C=O) groups excluding carboxylic acids is 1. The fourth-order valence-corrected chi connectivity index (χ4v) is 3.91. The lowest BCUT2D eigenvalue weighted by Gasteiger charge is -2.08. The zero-order valence-electron chi connectivity index (χ0n) is 14.1. The zero-order chi connectivity index (χ0) is 18.5. The number of rotatable bonds is 6. The Morgan fingerprint density at radius 1 is 1.15 bits per heavy atom. The van der Waals surface area contributed by atoms with Gasteiger partial charge in [0.1, 0.15) is 0 Å². The van der Waals surface area contributed by atoms with Gasteiger partial charge in [0.2, 0.25) is 5.91 Å². The van der Waals surface area contributed by atoms with E-state index in [4.69, 9.17) is 23.2 Å². The van der Waals surface area contributed by atoms with Crippen molar-refractivity contribution in [2.45, 2.75) is 13.3 Å². The minimum atomic E-state index is -0.139. The predicted molar refractivity (Wildman–Crippen MR) is 110 cm³/mol. The molecule has 0 unspecified atom stereocenters. The van der Waals surface area contributed by atoms with Gasteiger partial charge in [-0.05, 0) is 42.3 Å². The first-order valence-electron chi connectivity index (χ1n) is 7.98. The van der Waals surface area contributed by atoms with Crippen LogP contribution in [0.3, 0.4) is 0 Å². The Hall–Kier alpha value is -2.08. The second kappa shape index (κ2) is 8.54. The standard InChI is InChI=1S/C19H17Cl2N3OS/c1-12-4-2-3-5-17(12)22-11-18(25)24-19-23-10-16(26-19)8-13-6-14(20)9-15(21)7-13/h2-7,9-10,22H,8,11H2,1H3,(H,23,24,25). The highest BCUT2D eigenvalue weighted by Crippen LogP contribution is 2.25. The predicted octanol–water partition coefficient (Wildman–Crippen LogP) is 5.40. The Labute approximate surface area is 166 Å². The van der Waals surface area contributed by atoms with Gasteiger partial charge in [-0.1, -0.05) is 41.4 Å². The van der Waals surface area contributed by atoms with E-state index in [0.29, 0.717) is 21.6 Å². The summed E-state index contributed by atoms with van der Waals surface area (Å²) in [6, 6.07) is 13.3. The lowest BCUT2D eigenvalue weighted by Crippen LogP contribution is -2.21. The number of aromatic nitrogens is 1. The molecule has 0 saturated heterocycles. The number of nitrogens with zero attached hydrogens (tertiary/aromatic N) is 1. The van der Waals surface area contributed by atoms with Crippen LogP contribution in [0.5, 0.6) is 0 Å². The molecule has 0 aliphatic carbocycles. The Kier molecular flexibility index (Phi) is 6.14. The van der Waals surface area contributed by atoms with Crippen molar-refractivity contribution in [2.75, 3.05) is 17.2 Å². The summed E-state index contributed by atoms with van der Waals surface area (Å²) in [6.07, 6.45) is 2.42. The summed E-state index contributed by atoms with van der Waals surface area (Å²) in [4.78, 5) is 17.4. The Bertz CT molecular complexity index is 906. The van der Waals surface area contributed by atoms with E-state index in [0.717, 1.165) is 21.7 Å². The lowest BCUT2D eigenvalue weighted by molar-refractivity contribution is -0.114. The Morgan fingerprint density at radius 3 is 2.62 bits per heavy atom. The van der Waals surface area contributed by atoms with Crippen molar-refractivity contribution in [3.05, 3.63) is 74.7 Å². The molecule has 134 valence electrons. The first-order valence-corrected chi connectivity index (χ1v) is 9.56. The zero-order valence-corrected chi connectivity index (χ0v) is 16.4. The average Bonchev–Trinajstić information content (AvgIpc) is 3.00. The average molecular weight is 406 g/mol. The van der Waals surface area contributed by atoms with Crippen molar-refractivity contribution < 1.29 is 4.79 Å². The molecule has 1 aromatic heterocycles. The summed E-state index contributed by atoms with van der Waals surface area (Å²) in [7, 11) is 0. The van der Waals surface area contributed by atoms with Crippen LogP contribution in [0.25, 0.3) is 0 Å². The van der Waals surface area contributed by atoms with Gasteiger partial charge in [-0.25, -0.2) is 4.98 Å². The van der Waals surface area contributed by atoms with Gasteiger partial charge in [0.15, 0.2) is 5.13 Å². The second-order valence-electron chi connectivity index (χ2n) is 5.80. The molecule has 0 spiro atoms. The molecule has 0 fully saturated rings. The summed E-state index contributed by atoms with van der Waals surface area (Å²) >= 11 is 13.5. The van der Waals surface area contributed by atoms with Crippen LogP contribution in [0.4, 0.5) is 10.8 Å². The maximum atomic E-state index is 12.1. The number of para-hydroxylation sites is 1. The van der Waals surface area contributed by atoms with Crippen LogP contribution in [0.15, 0.2) is 48.7 Å². The van der Waals surface area contributed by atoms with Gasteiger partial charge in [-0.3, -0.25) is 4.79 Å². The molecule has 7 heteroatoms. The van der Waals surface area contributed by atoms with E-state index < -0.39 is 0 Å². The molecule has 3 rings (SSSR count). The summed E-state index contributed by atoms with van der Waals surface area (Å²) in [6.45, 7) is 2.18. The third-order valence-corrected chi connectivity index (χ3v) is 5.03. The molecule has 26 heavy (non-hydrogen) atoms. The number of hydrogen-bond donors (Lipinski definition) is 2. The monoisotopic (exact) mass is 405 g/mol. The van der Waals surface area contributed by atoms with Crippen molar-refractivity contribution in [1.29, 1.82) is 0 Å². The third kappa shape index (κ3) is 5.21. The number of halogens is 2. The summed E-state index contributed by atoms with van der Waals surface area (Å²) in [5, 5.41) is 7.72. The highest BCUT2D eigenvalue weighted by atomic mass is 35.5. The molecule has 2 N–H and O–H groups in total. The molecule has 0 aliphatic rings. The number of aryl methyl sites for hydroxylation is 1. The molecule has 1 amide bonds. The number of benzene rings is 2. The van der Waals surface area contributed by atoms with Crippen LogP contribution in [-0.4, -0.2) is 17.4 Å². The quantitative estimate of drug-likeness (QED) is 0.576. The van der Waals surface area contributed by atoms with Crippen LogP contribution in [-0.2, 0) is 11.2 Å². The number of amides is 1. The number of carbonyl (C=O) groups is 1. The van der Waals surface area contributed by atoms with E-state index in [1.807, 2.05) is 43.3 Å². The van der Waals surface area contributed by atoms with E-state index in [1.54, 1.807) is 12.3 Å². The largest absolute Gasteiger partial charge is 0.376 e. The fraction of sp³-hybridized carbons (Fsp3) is 0.158. The fourth-order valence-electron chi connectivity index (χ4n) is 2.47. The smallest absolute Gasteiger partial charge is 0.245 e. The molecule has 0 aliphatic heterocycles. The first kappa shape index (κ1) is 18.7. The Morgan fingerprint density at radius 2 is 1.88 bits per heavy atom. The number of nitrogens with one attached hydrogen (secondary N) is 2. The van der Waals surface area contributed by atoms with Crippen LogP contribution in [0, 0.1) is 6.92 Å². The first-order chi connectivity index (χ1) is 12.5. The number of anilines is 2. The lowest BCUT2D eigenvalue weighted by atomic mass is 10.1. The van der Waals surface area contributed by atoms with Crippen molar-refractivity contribution in [1.82, 2.24) is 4.98 Å². The normalized spacial score (nSPS) is 10.6. The molecule has 0 bridgehead atoms. The van der Waals surface area contributed by atoms with Crippen molar-refractivity contribution in [3.63, 3.8) is 0 Å². The van der Waals surface area contributed by atoms with Gasteiger partial charge in [-0.15, -0.1) is 11.3 Å². The summed E-state index contributed by atoms with van der Waals surface area (Å²) in [5.74, 6) is -0.139. The molecule has 3 aromatic rings. The maximum absolute atomic E-state index is 12.1. The highest BCUT2D eigenvalue weighted by molar-refractivity contribution is 7.15. The molecular formula is C19H17Cl2N3OS. The van der Waals surface area contributed by atoms with Crippen molar-refractivity contribution in [3.8, 4) is 0 Å². The van der Waals surface area contributed by atoms with Crippen molar-refractivity contribution >= 4 is 51.3 Å². The van der Waals surface area contributed by atoms with E-state index in [2.05, 4.69) is 15.6 Å². The van der Waals surface area contributed by atoms with Gasteiger partial charge in [0.05, 0.1) is 6.54 Å². The van der Waals surface area contributed by atoms with Crippen LogP contribution in [0.1, 0.15) is 16.0 Å². The van der Waals surface area contributed by atoms with Crippen molar-refractivity contribution in [2.24, 2.45) is 0 Å². The number of thiazole rings is 1. The summed E-state index contributed by atoms with van der Waals surface area (Å²) < 4.78 is 0. The van der Waals surface area contributed by atoms with Gasteiger partial charge >= 0.3 is 0 Å². The van der Waals surface area contributed by atoms with E-state index in [9.17, 15) is 4.79 Å². The summed E-state index contributed by atoms with van der Waals surface area (Å²) in [5.41, 5.74) is 3.04. The SMILES string of the molecule is Cc1ccccc1NCC(=O)Nc1ncc(Cc2cc(Cl)cc(Cl)c2)s1. The van der Waals surface area contributed by atoms with Crippen LogP contribution >= 0.6 is 34.5 Å². The topological polar surface area (TPSA) is 54.0 Å². The third-order valence-electron chi connectivity index (χ3n) is 3.69. The van der Waals surface area contributed by atoms with Gasteiger partial charge in [0, 0.05) is 33.2 Å². The van der Waals surface area contributed by atoms with Gasteiger partial charge in [0.25, 0.3) is 0 Å². The van der Waals surface area contributed by atoms with Gasteiger partial charge < -0.3 is 10.6 Å². The van der Waals surface area contributed by atoms with Gasteiger partial charge in [-0.2, -0.15) is 0 Å². The molecule has 0 saturated carbocycles. The van der Waals surface area contributed by atoms with E-state index in [-0.39, 0.29) is 12.5 Å². The highest BCUT2D eigenvalue weighted by Gasteiger charge is 2.08.